The highest BCUT2D eigenvalue weighted by atomic mass is 32.1. The molecule has 0 atom stereocenters. The van der Waals surface area contributed by atoms with Crippen LogP contribution in [0.3, 0.4) is 0 Å². The third kappa shape index (κ3) is 2.16. The summed E-state index contributed by atoms with van der Waals surface area (Å²) in [5.74, 6) is 0. The molecule has 1 aliphatic rings. The molecule has 1 fully saturated rings. The maximum absolute atomic E-state index is 5.19. The Morgan fingerprint density at radius 3 is 2.33 bits per heavy atom. The molecule has 0 unspecified atom stereocenters. The molecule has 0 aromatic rings. The summed E-state index contributed by atoms with van der Waals surface area (Å²) in [6.45, 7) is 1.80. The van der Waals surface area contributed by atoms with Gasteiger partial charge in [-0.1, -0.05) is 12.8 Å². The quantitative estimate of drug-likeness (QED) is 0.554. The van der Waals surface area contributed by atoms with Gasteiger partial charge in [-0.15, -0.1) is 0 Å². The summed E-state index contributed by atoms with van der Waals surface area (Å²) in [7, 11) is 2.00. The van der Waals surface area contributed by atoms with E-state index in [2.05, 4.69) is 12.8 Å². The summed E-state index contributed by atoms with van der Waals surface area (Å²) in [6.07, 6.45) is 2.25. The van der Waals surface area contributed by atoms with Crippen LogP contribution in [0.25, 0.3) is 0 Å². The summed E-state index contributed by atoms with van der Waals surface area (Å²) >= 11 is 4.22. The first-order chi connectivity index (χ1) is 4.30. The highest BCUT2D eigenvalue weighted by Gasteiger charge is 2.15. The molecule has 3 heteroatoms. The number of thiol groups is 1. The van der Waals surface area contributed by atoms with Gasteiger partial charge in [-0.25, -0.2) is 0 Å². The molecule has 1 rings (SSSR count). The van der Waals surface area contributed by atoms with Crippen molar-refractivity contribution in [1.82, 2.24) is 4.31 Å². The molecule has 0 spiro atoms. The van der Waals surface area contributed by atoms with E-state index in [9.17, 15) is 0 Å². The van der Waals surface area contributed by atoms with Crippen LogP contribution in [0, 0.1) is 0 Å². The number of rotatable bonds is 1. The van der Waals surface area contributed by atoms with Gasteiger partial charge in [0.25, 0.3) is 0 Å². The lowest BCUT2D eigenvalue weighted by Crippen LogP contribution is -2.30. The first kappa shape index (κ1) is 7.38. The van der Waals surface area contributed by atoms with Crippen LogP contribution in [-0.4, -0.2) is 30.6 Å². The van der Waals surface area contributed by atoms with Gasteiger partial charge in [0.2, 0.25) is 0 Å². The second-order valence-electron chi connectivity index (χ2n) is 2.42. The van der Waals surface area contributed by atoms with Gasteiger partial charge in [0.05, 0.1) is 0 Å². The van der Waals surface area contributed by atoms with Crippen molar-refractivity contribution in [1.29, 1.82) is 0 Å². The predicted octanol–water partition coefficient (Wildman–Crippen LogP) is 0.942. The highest BCUT2D eigenvalue weighted by Crippen LogP contribution is 2.13. The zero-order valence-corrected chi connectivity index (χ0v) is 6.60. The van der Waals surface area contributed by atoms with Crippen molar-refractivity contribution in [2.45, 2.75) is 18.9 Å². The normalized spacial score (nSPS) is 23.0. The molecule has 0 aromatic carbocycles. The zero-order valence-electron chi connectivity index (χ0n) is 5.71. The van der Waals surface area contributed by atoms with Crippen LogP contribution in [0.1, 0.15) is 12.8 Å². The van der Waals surface area contributed by atoms with Crippen LogP contribution >= 0.6 is 12.8 Å². The summed E-state index contributed by atoms with van der Waals surface area (Å²) in [5, 5.41) is 0. The molecule has 1 aliphatic heterocycles. The lowest BCUT2D eigenvalue weighted by atomic mass is 10.1. The Morgan fingerprint density at radius 1 is 1.44 bits per heavy atom. The maximum atomic E-state index is 5.19. The Bertz CT molecular complexity index is 81.1. The molecule has 0 radical (unpaired) electrons. The van der Waals surface area contributed by atoms with Crippen LogP contribution in [0.15, 0.2) is 0 Å². The SMILES string of the molecule is CN(S)C1CCOCC1. The van der Waals surface area contributed by atoms with Gasteiger partial charge >= 0.3 is 0 Å². The van der Waals surface area contributed by atoms with Gasteiger partial charge in [-0.3, -0.25) is 4.31 Å². The number of hydrogen-bond acceptors (Lipinski definition) is 3. The van der Waals surface area contributed by atoms with Crippen molar-refractivity contribution in [3.8, 4) is 0 Å². The van der Waals surface area contributed by atoms with E-state index in [1.807, 2.05) is 11.4 Å². The molecule has 9 heavy (non-hydrogen) atoms. The topological polar surface area (TPSA) is 12.5 Å². The monoisotopic (exact) mass is 147 g/mol. The van der Waals surface area contributed by atoms with E-state index in [0.717, 1.165) is 26.1 Å². The minimum absolute atomic E-state index is 0.627. The fourth-order valence-corrected chi connectivity index (χ4v) is 1.29. The van der Waals surface area contributed by atoms with Gasteiger partial charge in [0, 0.05) is 19.3 Å². The van der Waals surface area contributed by atoms with Crippen LogP contribution in [0.4, 0.5) is 0 Å². The standard InChI is InChI=1S/C6H13NOS/c1-7(9)6-2-4-8-5-3-6/h6,9H,2-5H2,1H3. The van der Waals surface area contributed by atoms with Crippen molar-refractivity contribution in [2.24, 2.45) is 0 Å². The number of ether oxygens (including phenoxy) is 1. The van der Waals surface area contributed by atoms with Crippen molar-refractivity contribution in [2.75, 3.05) is 20.3 Å². The first-order valence-corrected chi connectivity index (χ1v) is 3.70. The average molecular weight is 147 g/mol. The summed E-state index contributed by atoms with van der Waals surface area (Å²) in [5.41, 5.74) is 0. The largest absolute Gasteiger partial charge is 0.381 e. The maximum Gasteiger partial charge on any atom is 0.0481 e. The molecule has 0 saturated carbocycles. The lowest BCUT2D eigenvalue weighted by molar-refractivity contribution is 0.0656. The van der Waals surface area contributed by atoms with E-state index >= 15 is 0 Å². The molecule has 0 N–H and O–H groups in total. The van der Waals surface area contributed by atoms with Gasteiger partial charge in [0.15, 0.2) is 0 Å². The minimum Gasteiger partial charge on any atom is -0.381 e. The van der Waals surface area contributed by atoms with Crippen LogP contribution in [0.5, 0.6) is 0 Å². The number of nitrogens with zero attached hydrogens (tertiary/aromatic N) is 1. The summed E-state index contributed by atoms with van der Waals surface area (Å²) in [4.78, 5) is 0. The molecule has 1 saturated heterocycles. The third-order valence-electron chi connectivity index (χ3n) is 1.72. The Morgan fingerprint density at radius 2 is 2.00 bits per heavy atom. The molecule has 54 valence electrons. The lowest BCUT2D eigenvalue weighted by Gasteiger charge is -2.26. The van der Waals surface area contributed by atoms with Gasteiger partial charge in [-0.05, 0) is 19.9 Å². The highest BCUT2D eigenvalue weighted by molar-refractivity contribution is 7.77. The van der Waals surface area contributed by atoms with E-state index in [1.165, 1.54) is 0 Å². The van der Waals surface area contributed by atoms with Gasteiger partial charge in [0.1, 0.15) is 0 Å². The van der Waals surface area contributed by atoms with Crippen molar-refractivity contribution in [3.63, 3.8) is 0 Å². The van der Waals surface area contributed by atoms with Crippen LogP contribution in [-0.2, 0) is 4.74 Å². The van der Waals surface area contributed by atoms with Gasteiger partial charge < -0.3 is 4.74 Å². The molecule has 0 aromatic heterocycles. The second kappa shape index (κ2) is 3.44. The van der Waals surface area contributed by atoms with E-state index in [4.69, 9.17) is 4.74 Å². The second-order valence-corrected chi connectivity index (χ2v) is 3.05. The van der Waals surface area contributed by atoms with Gasteiger partial charge in [-0.2, -0.15) is 0 Å². The summed E-state index contributed by atoms with van der Waals surface area (Å²) < 4.78 is 7.16. The first-order valence-electron chi connectivity index (χ1n) is 3.30. The van der Waals surface area contributed by atoms with E-state index in [1.54, 1.807) is 0 Å². The molecule has 2 nitrogen and oxygen atoms in total. The van der Waals surface area contributed by atoms with Crippen molar-refractivity contribution >= 4 is 12.8 Å². The Labute approximate surface area is 61.7 Å². The molecule has 0 bridgehead atoms. The molecule has 1 heterocycles. The molecular formula is C6H13NOS. The average Bonchev–Trinajstić information content (AvgIpc) is 1.90. The third-order valence-corrected chi connectivity index (χ3v) is 2.05. The van der Waals surface area contributed by atoms with Crippen molar-refractivity contribution < 1.29 is 4.74 Å². The molecule has 0 aliphatic carbocycles. The Hall–Kier alpha value is 0.270. The van der Waals surface area contributed by atoms with E-state index in [0.29, 0.717) is 6.04 Å². The van der Waals surface area contributed by atoms with Crippen molar-refractivity contribution in [3.05, 3.63) is 0 Å². The fourth-order valence-electron chi connectivity index (χ4n) is 1.06. The molecular weight excluding hydrogens is 134 g/mol. The Kier molecular flexibility index (Phi) is 2.82. The number of hydrogen-bond donors (Lipinski definition) is 1. The van der Waals surface area contributed by atoms with Crippen LogP contribution < -0.4 is 0 Å². The predicted molar refractivity (Wildman–Crippen MR) is 40.6 cm³/mol. The fraction of sp³-hybridized carbons (Fsp3) is 1.00. The van der Waals surface area contributed by atoms with Crippen LogP contribution in [0.2, 0.25) is 0 Å². The Balaban J connectivity index is 2.23. The molecule has 0 amide bonds. The minimum atomic E-state index is 0.627. The van der Waals surface area contributed by atoms with E-state index in [-0.39, 0.29) is 0 Å². The smallest absolute Gasteiger partial charge is 0.0481 e. The zero-order chi connectivity index (χ0) is 6.69. The van der Waals surface area contributed by atoms with E-state index < -0.39 is 0 Å². The summed E-state index contributed by atoms with van der Waals surface area (Å²) in [6, 6.07) is 0.627.